The molecule has 0 aliphatic heterocycles. The van der Waals surface area contributed by atoms with Gasteiger partial charge in [0.1, 0.15) is 6.04 Å². The lowest BCUT2D eigenvalue weighted by Gasteiger charge is -2.16. The predicted octanol–water partition coefficient (Wildman–Crippen LogP) is 4.60. The van der Waals surface area contributed by atoms with Crippen LogP contribution in [0.2, 0.25) is 10.0 Å². The Hall–Kier alpha value is -1.89. The normalized spacial score (nSPS) is 11.7. The molecule has 0 bridgehead atoms. The molecular weight excluding hydrogens is 407 g/mol. The molecule has 0 aromatic heterocycles. The fourth-order valence-electron chi connectivity index (χ4n) is 2.46. The lowest BCUT2D eigenvalue weighted by atomic mass is 10.1. The van der Waals surface area contributed by atoms with Crippen LogP contribution in [-0.4, -0.2) is 35.0 Å². The van der Waals surface area contributed by atoms with Crippen LogP contribution in [0.4, 0.5) is 11.4 Å². The minimum Gasteiger partial charge on any atom is -0.480 e. The molecular formula is C19H20Cl2N2O3S. The number of thioether (sulfide) groups is 1. The first-order valence-electron chi connectivity index (χ1n) is 8.22. The topological polar surface area (TPSA) is 78.4 Å². The highest BCUT2D eigenvalue weighted by atomic mass is 35.5. The molecule has 144 valence electrons. The number of hydrogen-bond donors (Lipinski definition) is 3. The van der Waals surface area contributed by atoms with E-state index in [2.05, 4.69) is 10.6 Å². The fourth-order valence-corrected chi connectivity index (χ4v) is 3.42. The van der Waals surface area contributed by atoms with Gasteiger partial charge < -0.3 is 15.7 Å². The largest absolute Gasteiger partial charge is 0.480 e. The summed E-state index contributed by atoms with van der Waals surface area (Å²) in [4.78, 5) is 23.7. The van der Waals surface area contributed by atoms with Gasteiger partial charge in [-0.3, -0.25) is 4.79 Å². The van der Waals surface area contributed by atoms with Crippen molar-refractivity contribution in [2.75, 3.05) is 17.3 Å². The van der Waals surface area contributed by atoms with Crippen molar-refractivity contribution in [1.82, 2.24) is 5.32 Å². The smallest absolute Gasteiger partial charge is 0.326 e. The number of para-hydroxylation sites is 2. The van der Waals surface area contributed by atoms with E-state index < -0.39 is 12.0 Å². The molecule has 0 radical (unpaired) electrons. The van der Waals surface area contributed by atoms with E-state index in [-0.39, 0.29) is 12.3 Å². The number of halogens is 2. The van der Waals surface area contributed by atoms with Gasteiger partial charge in [-0.25, -0.2) is 4.79 Å². The Morgan fingerprint density at radius 2 is 1.78 bits per heavy atom. The highest BCUT2D eigenvalue weighted by Crippen LogP contribution is 2.33. The molecule has 0 aliphatic carbocycles. The molecule has 1 amide bonds. The van der Waals surface area contributed by atoms with Gasteiger partial charge in [0.2, 0.25) is 5.91 Å². The van der Waals surface area contributed by atoms with Gasteiger partial charge in [-0.1, -0.05) is 47.5 Å². The molecule has 27 heavy (non-hydrogen) atoms. The van der Waals surface area contributed by atoms with Gasteiger partial charge in [0, 0.05) is 5.69 Å². The van der Waals surface area contributed by atoms with Crippen molar-refractivity contribution in [3.63, 3.8) is 0 Å². The van der Waals surface area contributed by atoms with E-state index in [0.29, 0.717) is 39.2 Å². The molecule has 8 heteroatoms. The van der Waals surface area contributed by atoms with Crippen molar-refractivity contribution in [2.45, 2.75) is 18.9 Å². The monoisotopic (exact) mass is 426 g/mol. The maximum atomic E-state index is 12.4. The summed E-state index contributed by atoms with van der Waals surface area (Å²) in [7, 11) is 0. The quantitative estimate of drug-likeness (QED) is 0.545. The summed E-state index contributed by atoms with van der Waals surface area (Å²) in [6, 6.07) is 11.5. The molecule has 0 fully saturated rings. The van der Waals surface area contributed by atoms with E-state index in [0.717, 1.165) is 0 Å². The maximum absolute atomic E-state index is 12.4. The number of aliphatic carboxylic acids is 1. The van der Waals surface area contributed by atoms with Crippen LogP contribution in [0, 0.1) is 0 Å². The Morgan fingerprint density at radius 3 is 2.41 bits per heavy atom. The Labute approximate surface area is 172 Å². The van der Waals surface area contributed by atoms with Crippen LogP contribution in [0.1, 0.15) is 12.0 Å². The average molecular weight is 427 g/mol. The van der Waals surface area contributed by atoms with Crippen molar-refractivity contribution < 1.29 is 14.7 Å². The van der Waals surface area contributed by atoms with Crippen molar-refractivity contribution in [2.24, 2.45) is 0 Å². The molecule has 5 nitrogen and oxygen atoms in total. The minimum atomic E-state index is -1.04. The zero-order valence-corrected chi connectivity index (χ0v) is 17.0. The van der Waals surface area contributed by atoms with E-state index in [1.54, 1.807) is 24.3 Å². The SMILES string of the molecule is CSCC[C@@H](NC(=O)Cc1ccccc1Nc1c(Cl)cccc1Cl)C(=O)O. The molecule has 2 rings (SSSR count). The van der Waals surface area contributed by atoms with Crippen LogP contribution in [-0.2, 0) is 16.0 Å². The van der Waals surface area contributed by atoms with Crippen molar-refractivity contribution in [3.8, 4) is 0 Å². The van der Waals surface area contributed by atoms with E-state index >= 15 is 0 Å². The van der Waals surface area contributed by atoms with Crippen LogP contribution >= 0.6 is 35.0 Å². The Kier molecular flexibility index (Phi) is 8.28. The van der Waals surface area contributed by atoms with Gasteiger partial charge in [-0.05, 0) is 42.2 Å². The summed E-state index contributed by atoms with van der Waals surface area (Å²) in [5, 5.41) is 15.9. The summed E-state index contributed by atoms with van der Waals surface area (Å²) in [5.41, 5.74) is 1.94. The van der Waals surface area contributed by atoms with E-state index in [4.69, 9.17) is 23.2 Å². The highest BCUT2D eigenvalue weighted by molar-refractivity contribution is 7.98. The number of carbonyl (C=O) groups is 2. The third-order valence-electron chi connectivity index (χ3n) is 3.83. The standard InChI is InChI=1S/C19H20Cl2N2O3S/c1-27-10-9-16(19(25)26)22-17(24)11-12-5-2-3-8-15(12)23-18-13(20)6-4-7-14(18)21/h2-8,16,23H,9-11H2,1H3,(H,22,24)(H,25,26)/t16-/m1/s1. The van der Waals surface area contributed by atoms with Crippen LogP contribution in [0.15, 0.2) is 42.5 Å². The second-order valence-corrected chi connectivity index (χ2v) is 7.60. The molecule has 0 saturated heterocycles. The summed E-state index contributed by atoms with van der Waals surface area (Å²) >= 11 is 13.9. The van der Waals surface area contributed by atoms with Crippen molar-refractivity contribution in [1.29, 1.82) is 0 Å². The second-order valence-electron chi connectivity index (χ2n) is 5.80. The van der Waals surface area contributed by atoms with Gasteiger partial charge in [0.15, 0.2) is 0 Å². The van der Waals surface area contributed by atoms with Gasteiger partial charge >= 0.3 is 5.97 Å². The summed E-state index contributed by atoms with van der Waals surface area (Å²) in [6.45, 7) is 0. The fraction of sp³-hybridized carbons (Fsp3) is 0.263. The average Bonchev–Trinajstić information content (AvgIpc) is 2.63. The number of carbonyl (C=O) groups excluding carboxylic acids is 1. The van der Waals surface area contributed by atoms with Crippen molar-refractivity contribution in [3.05, 3.63) is 58.1 Å². The zero-order chi connectivity index (χ0) is 19.8. The van der Waals surface area contributed by atoms with Gasteiger partial charge in [-0.2, -0.15) is 11.8 Å². The summed E-state index contributed by atoms with van der Waals surface area (Å²) in [5.74, 6) is -0.741. The molecule has 0 saturated carbocycles. The number of carboxylic acid groups (broad SMARTS) is 1. The minimum absolute atomic E-state index is 0.0360. The number of nitrogens with one attached hydrogen (secondary N) is 2. The molecule has 3 N–H and O–H groups in total. The highest BCUT2D eigenvalue weighted by Gasteiger charge is 2.20. The van der Waals surface area contributed by atoms with Gasteiger partial charge in [0.05, 0.1) is 22.2 Å². The summed E-state index contributed by atoms with van der Waals surface area (Å²) < 4.78 is 0. The van der Waals surface area contributed by atoms with Crippen molar-refractivity contribution >= 4 is 58.2 Å². The number of hydrogen-bond acceptors (Lipinski definition) is 4. The number of rotatable bonds is 9. The number of benzene rings is 2. The van der Waals surface area contributed by atoms with E-state index in [9.17, 15) is 14.7 Å². The molecule has 2 aromatic carbocycles. The third kappa shape index (κ3) is 6.34. The molecule has 0 spiro atoms. The number of anilines is 2. The Morgan fingerprint density at radius 1 is 1.11 bits per heavy atom. The predicted molar refractivity (Wildman–Crippen MR) is 112 cm³/mol. The van der Waals surface area contributed by atoms with E-state index in [1.807, 2.05) is 24.5 Å². The first-order valence-corrected chi connectivity index (χ1v) is 10.4. The molecule has 0 heterocycles. The maximum Gasteiger partial charge on any atom is 0.326 e. The van der Waals surface area contributed by atoms with Crippen LogP contribution < -0.4 is 10.6 Å². The van der Waals surface area contributed by atoms with Gasteiger partial charge in [-0.15, -0.1) is 0 Å². The first-order chi connectivity index (χ1) is 12.9. The van der Waals surface area contributed by atoms with E-state index in [1.165, 1.54) is 11.8 Å². The first kappa shape index (κ1) is 21.4. The van der Waals surface area contributed by atoms with Crippen LogP contribution in [0.3, 0.4) is 0 Å². The lowest BCUT2D eigenvalue weighted by molar-refractivity contribution is -0.141. The molecule has 0 aliphatic rings. The number of amides is 1. The molecule has 2 aromatic rings. The zero-order valence-electron chi connectivity index (χ0n) is 14.7. The Bertz CT molecular complexity index is 797. The number of carboxylic acids is 1. The second kappa shape index (κ2) is 10.4. The lowest BCUT2D eigenvalue weighted by Crippen LogP contribution is -2.41. The summed E-state index contributed by atoms with van der Waals surface area (Å²) in [6.07, 6.45) is 2.30. The van der Waals surface area contributed by atoms with Crippen LogP contribution in [0.5, 0.6) is 0 Å². The van der Waals surface area contributed by atoms with Gasteiger partial charge in [0.25, 0.3) is 0 Å². The molecule has 0 unspecified atom stereocenters. The molecule has 1 atom stereocenters. The Balaban J connectivity index is 2.13. The third-order valence-corrected chi connectivity index (χ3v) is 5.11. The van der Waals surface area contributed by atoms with Crippen LogP contribution in [0.25, 0.3) is 0 Å².